The van der Waals surface area contributed by atoms with Crippen molar-refractivity contribution < 1.29 is 17.7 Å². The van der Waals surface area contributed by atoms with E-state index in [1.807, 2.05) is 12.1 Å². The lowest BCUT2D eigenvalue weighted by Gasteiger charge is -2.42. The molecule has 0 aliphatic carbocycles. The summed E-state index contributed by atoms with van der Waals surface area (Å²) in [6, 6.07) is 3.66. The molecule has 0 spiro atoms. The zero-order chi connectivity index (χ0) is 20.6. The van der Waals surface area contributed by atoms with E-state index >= 15 is 0 Å². The second kappa shape index (κ2) is 7.75. The topological polar surface area (TPSA) is 109 Å². The van der Waals surface area contributed by atoms with E-state index in [4.69, 9.17) is 4.52 Å². The predicted octanol–water partition coefficient (Wildman–Crippen LogP) is 2.11. The fourth-order valence-corrected chi connectivity index (χ4v) is 5.81. The van der Waals surface area contributed by atoms with E-state index in [9.17, 15) is 13.2 Å². The van der Waals surface area contributed by atoms with Crippen LogP contribution in [-0.2, 0) is 10.0 Å². The van der Waals surface area contributed by atoms with Crippen LogP contribution in [0.15, 0.2) is 29.0 Å². The number of likely N-dealkylation sites (tertiary alicyclic amines) is 1. The smallest absolute Gasteiger partial charge is 0.322 e. The summed E-state index contributed by atoms with van der Waals surface area (Å²) in [5, 5.41) is 6.01. The van der Waals surface area contributed by atoms with Gasteiger partial charge in [0.1, 0.15) is 16.6 Å². The molecule has 2 aliphatic heterocycles. The van der Waals surface area contributed by atoms with Gasteiger partial charge in [-0.1, -0.05) is 5.16 Å². The molecule has 4 rings (SSSR count). The zero-order valence-electron chi connectivity index (χ0n) is 16.5. The highest BCUT2D eigenvalue weighted by molar-refractivity contribution is 7.89. The summed E-state index contributed by atoms with van der Waals surface area (Å²) in [4.78, 5) is 17.9. The second-order valence-electron chi connectivity index (χ2n) is 7.66. The standard InChI is InChI=1S/C19H25N5O4S/c1-13-18(14(2)28-22-13)21-19(25)23-11-17(12-23)29(26,27)24-9-5-16(6-10-24)15-3-7-20-8-4-15/h3-4,7-8,16-17H,5-6,9-12H2,1-2H3,(H,21,25). The van der Waals surface area contributed by atoms with Crippen molar-refractivity contribution in [1.29, 1.82) is 0 Å². The van der Waals surface area contributed by atoms with Crippen LogP contribution < -0.4 is 5.32 Å². The summed E-state index contributed by atoms with van der Waals surface area (Å²) in [6.45, 7) is 4.87. The summed E-state index contributed by atoms with van der Waals surface area (Å²) in [5.41, 5.74) is 2.35. The van der Waals surface area contributed by atoms with Gasteiger partial charge in [-0.05, 0) is 50.3 Å². The second-order valence-corrected chi connectivity index (χ2v) is 9.87. The average Bonchev–Trinajstić information content (AvgIpc) is 2.99. The monoisotopic (exact) mass is 419 g/mol. The quantitative estimate of drug-likeness (QED) is 0.813. The highest BCUT2D eigenvalue weighted by Gasteiger charge is 2.43. The minimum absolute atomic E-state index is 0.196. The number of nitrogens with one attached hydrogen (secondary N) is 1. The largest absolute Gasteiger partial charge is 0.359 e. The summed E-state index contributed by atoms with van der Waals surface area (Å²) in [7, 11) is -3.41. The van der Waals surface area contributed by atoms with Crippen LogP contribution in [0.25, 0.3) is 0 Å². The van der Waals surface area contributed by atoms with Crippen LogP contribution in [0, 0.1) is 13.8 Å². The average molecular weight is 420 g/mol. The normalized spacial score (nSPS) is 19.2. The van der Waals surface area contributed by atoms with Crippen molar-refractivity contribution in [2.24, 2.45) is 0 Å². The Morgan fingerprint density at radius 3 is 2.41 bits per heavy atom. The molecule has 1 N–H and O–H groups in total. The van der Waals surface area contributed by atoms with Crippen molar-refractivity contribution in [3.05, 3.63) is 41.5 Å². The lowest BCUT2D eigenvalue weighted by Crippen LogP contribution is -2.61. The number of hydrogen-bond donors (Lipinski definition) is 1. The Morgan fingerprint density at radius 2 is 1.83 bits per heavy atom. The first-order valence-corrected chi connectivity index (χ1v) is 11.2. The molecule has 0 saturated carbocycles. The molecular weight excluding hydrogens is 394 g/mol. The molecule has 29 heavy (non-hydrogen) atoms. The Morgan fingerprint density at radius 1 is 1.17 bits per heavy atom. The molecular formula is C19H25N5O4S. The molecule has 0 radical (unpaired) electrons. The Kier molecular flexibility index (Phi) is 5.30. The molecule has 2 aromatic heterocycles. The Balaban J connectivity index is 1.30. The van der Waals surface area contributed by atoms with E-state index in [1.54, 1.807) is 30.5 Å². The van der Waals surface area contributed by atoms with Crippen LogP contribution in [0.3, 0.4) is 0 Å². The number of nitrogens with zero attached hydrogens (tertiary/aromatic N) is 4. The van der Waals surface area contributed by atoms with Gasteiger partial charge >= 0.3 is 6.03 Å². The molecule has 4 heterocycles. The number of piperidine rings is 1. The molecule has 10 heteroatoms. The van der Waals surface area contributed by atoms with Crippen molar-refractivity contribution in [3.63, 3.8) is 0 Å². The summed E-state index contributed by atoms with van der Waals surface area (Å²) in [6.07, 6.45) is 5.14. The minimum Gasteiger partial charge on any atom is -0.359 e. The van der Waals surface area contributed by atoms with Gasteiger partial charge in [-0.3, -0.25) is 4.98 Å². The number of carbonyl (C=O) groups is 1. The number of pyridine rings is 1. The molecule has 2 fully saturated rings. The highest BCUT2D eigenvalue weighted by atomic mass is 32.2. The van der Waals surface area contributed by atoms with E-state index in [1.165, 1.54) is 10.5 Å². The van der Waals surface area contributed by atoms with Crippen LogP contribution in [0.5, 0.6) is 0 Å². The molecule has 2 saturated heterocycles. The van der Waals surface area contributed by atoms with Crippen molar-refractivity contribution in [2.75, 3.05) is 31.5 Å². The Bertz CT molecular complexity index is 958. The molecule has 0 atom stereocenters. The third kappa shape index (κ3) is 3.86. The predicted molar refractivity (Wildman–Crippen MR) is 107 cm³/mol. The van der Waals surface area contributed by atoms with Gasteiger partial charge in [0, 0.05) is 38.6 Å². The van der Waals surface area contributed by atoms with Gasteiger partial charge in [0.25, 0.3) is 0 Å². The fourth-order valence-electron chi connectivity index (χ4n) is 3.93. The number of amides is 2. The number of carbonyl (C=O) groups excluding carboxylic acids is 1. The Labute approximate surface area is 170 Å². The SMILES string of the molecule is Cc1noc(C)c1NC(=O)N1CC(S(=O)(=O)N2CCC(c3ccncc3)CC2)C1. The van der Waals surface area contributed by atoms with E-state index in [2.05, 4.69) is 15.5 Å². The number of aryl methyl sites for hydroxylation is 2. The first-order chi connectivity index (χ1) is 13.9. The summed E-state index contributed by atoms with van der Waals surface area (Å²) >= 11 is 0. The van der Waals surface area contributed by atoms with Crippen LogP contribution in [0.2, 0.25) is 0 Å². The lowest BCUT2D eigenvalue weighted by molar-refractivity contribution is 0.179. The van der Waals surface area contributed by atoms with Crippen LogP contribution in [0.1, 0.15) is 35.8 Å². The lowest BCUT2D eigenvalue weighted by atomic mass is 9.91. The van der Waals surface area contributed by atoms with Gasteiger partial charge in [0.15, 0.2) is 5.76 Å². The number of anilines is 1. The van der Waals surface area contributed by atoms with Crippen molar-refractivity contribution in [2.45, 2.75) is 37.9 Å². The van der Waals surface area contributed by atoms with Crippen molar-refractivity contribution >= 4 is 21.7 Å². The van der Waals surface area contributed by atoms with Crippen LogP contribution in [0.4, 0.5) is 10.5 Å². The van der Waals surface area contributed by atoms with Crippen molar-refractivity contribution in [1.82, 2.24) is 19.3 Å². The maximum absolute atomic E-state index is 12.9. The molecule has 0 aromatic carbocycles. The first-order valence-electron chi connectivity index (χ1n) is 9.74. The first kappa shape index (κ1) is 19.8. The maximum Gasteiger partial charge on any atom is 0.322 e. The summed E-state index contributed by atoms with van der Waals surface area (Å²) in [5.74, 6) is 0.890. The maximum atomic E-state index is 12.9. The van der Waals surface area contributed by atoms with Gasteiger partial charge in [-0.25, -0.2) is 17.5 Å². The molecule has 156 valence electrons. The molecule has 2 aromatic rings. The number of rotatable bonds is 4. The number of aromatic nitrogens is 2. The zero-order valence-corrected chi connectivity index (χ0v) is 17.4. The van der Waals surface area contributed by atoms with E-state index in [-0.39, 0.29) is 19.1 Å². The third-order valence-electron chi connectivity index (χ3n) is 5.81. The molecule has 2 amide bonds. The van der Waals surface area contributed by atoms with Gasteiger partial charge < -0.3 is 14.7 Å². The molecule has 9 nitrogen and oxygen atoms in total. The van der Waals surface area contributed by atoms with E-state index in [0.29, 0.717) is 36.1 Å². The number of hydrogen-bond acceptors (Lipinski definition) is 6. The number of urea groups is 1. The third-order valence-corrected chi connectivity index (χ3v) is 8.04. The molecule has 0 bridgehead atoms. The van der Waals surface area contributed by atoms with Crippen molar-refractivity contribution in [3.8, 4) is 0 Å². The van der Waals surface area contributed by atoms with Gasteiger partial charge in [-0.15, -0.1) is 0 Å². The van der Waals surface area contributed by atoms with E-state index in [0.717, 1.165) is 12.8 Å². The van der Waals surface area contributed by atoms with Gasteiger partial charge in [0.05, 0.1) is 0 Å². The Hall–Kier alpha value is -2.46. The number of sulfonamides is 1. The minimum atomic E-state index is -3.41. The highest BCUT2D eigenvalue weighted by Crippen LogP contribution is 2.31. The fraction of sp³-hybridized carbons (Fsp3) is 0.526. The van der Waals surface area contributed by atoms with Crippen LogP contribution in [-0.4, -0.2) is 65.2 Å². The molecule has 2 aliphatic rings. The van der Waals surface area contributed by atoms with E-state index < -0.39 is 15.3 Å². The van der Waals surface area contributed by atoms with Crippen LogP contribution >= 0.6 is 0 Å². The summed E-state index contributed by atoms with van der Waals surface area (Å²) < 4.78 is 32.5. The van der Waals surface area contributed by atoms with Gasteiger partial charge in [-0.2, -0.15) is 0 Å². The molecule has 0 unspecified atom stereocenters. The van der Waals surface area contributed by atoms with Gasteiger partial charge in [0.2, 0.25) is 10.0 Å².